The molecule has 0 aliphatic heterocycles. The first-order valence-electron chi connectivity index (χ1n) is 10.2. The predicted octanol–water partition coefficient (Wildman–Crippen LogP) is 6.03. The van der Waals surface area contributed by atoms with Crippen molar-refractivity contribution in [3.05, 3.63) is 28.8 Å². The molecule has 0 fully saturated rings. The largest absolute Gasteiger partial charge is 0.322 e. The summed E-state index contributed by atoms with van der Waals surface area (Å²) in [5, 5.41) is 1.28. The topological polar surface area (TPSA) is 0 Å². The Morgan fingerprint density at radius 2 is 0.857 bits per heavy atom. The van der Waals surface area contributed by atoms with Gasteiger partial charge in [-0.1, -0.05) is 34.3 Å². The third kappa shape index (κ3) is 7.62. The summed E-state index contributed by atoms with van der Waals surface area (Å²) in [4.78, 5) is 0. The highest BCUT2D eigenvalue weighted by Gasteiger charge is 2.35. The molecule has 0 N–H and O–H groups in total. The van der Waals surface area contributed by atoms with Crippen molar-refractivity contribution in [2.24, 2.45) is 16.2 Å². The summed E-state index contributed by atoms with van der Waals surface area (Å²) in [6, 6.07) is 4.50. The molecule has 1 heteroatoms. The van der Waals surface area contributed by atoms with Gasteiger partial charge in [0.05, 0.1) is 0 Å². The summed E-state index contributed by atoms with van der Waals surface area (Å²) in [6.45, 7) is 25.9. The molecule has 1 aromatic rings. The highest BCUT2D eigenvalue weighted by atomic mass is 28.3. The van der Waals surface area contributed by atoms with E-state index in [1.54, 1.807) is 0 Å². The van der Waals surface area contributed by atoms with Crippen LogP contribution < -0.4 is 5.19 Å². The lowest BCUT2D eigenvalue weighted by Crippen LogP contribution is -2.49. The molecule has 0 radical (unpaired) electrons. The molecule has 0 heterocycles. The lowest BCUT2D eigenvalue weighted by molar-refractivity contribution is 0.571. The van der Waals surface area contributed by atoms with E-state index in [2.05, 4.69) is 130 Å². The van der Waals surface area contributed by atoms with Crippen molar-refractivity contribution >= 4 is 13.3 Å². The summed E-state index contributed by atoms with van der Waals surface area (Å²) < 4.78 is 0. The van der Waals surface area contributed by atoms with Gasteiger partial charge in [-0.3, -0.25) is 0 Å². The Labute approximate surface area is 175 Å². The quantitative estimate of drug-likeness (QED) is 0.405. The van der Waals surface area contributed by atoms with Crippen molar-refractivity contribution in [1.29, 1.82) is 0 Å². The van der Waals surface area contributed by atoms with Crippen LogP contribution in [0.4, 0.5) is 0 Å². The van der Waals surface area contributed by atoms with Crippen LogP contribution in [0.25, 0.3) is 0 Å². The molecular formula is C27H38Si. The van der Waals surface area contributed by atoms with Gasteiger partial charge in [-0.05, 0) is 99.4 Å². The second kappa shape index (κ2) is 8.24. The molecule has 1 rings (SSSR count). The summed E-state index contributed by atoms with van der Waals surface area (Å²) >= 11 is 0. The number of aryl methyl sites for hydroxylation is 3. The maximum absolute atomic E-state index is 3.68. The minimum Gasteiger partial charge on any atom is -0.102 e. The van der Waals surface area contributed by atoms with Crippen molar-refractivity contribution in [3.63, 3.8) is 0 Å². The van der Waals surface area contributed by atoms with Gasteiger partial charge in [-0.15, -0.1) is 17.8 Å². The normalized spacial score (nSPS) is 12.1. The smallest absolute Gasteiger partial charge is 0.102 e. The molecule has 1 aromatic carbocycles. The van der Waals surface area contributed by atoms with Gasteiger partial charge in [-0.2, -0.15) is 0 Å². The summed E-state index contributed by atoms with van der Waals surface area (Å²) in [5.41, 5.74) is 14.6. The average molecular weight is 391 g/mol. The van der Waals surface area contributed by atoms with Crippen LogP contribution in [0, 0.1) is 71.4 Å². The molecule has 0 atom stereocenters. The van der Waals surface area contributed by atoms with Crippen LogP contribution in [-0.4, -0.2) is 8.07 Å². The minimum atomic E-state index is -2.70. The van der Waals surface area contributed by atoms with Crippen LogP contribution in [0.1, 0.15) is 79.0 Å². The van der Waals surface area contributed by atoms with E-state index < -0.39 is 8.07 Å². The zero-order valence-electron chi connectivity index (χ0n) is 20.2. The van der Waals surface area contributed by atoms with Gasteiger partial charge < -0.3 is 0 Å². The minimum absolute atomic E-state index is 0.0857. The SMILES string of the molecule is Cc1cc(C)c([Si](C#CC(C)(C)C)(C#CC(C)(C)C)C#CC(C)(C)C)c(C)c1. The molecule has 0 bridgehead atoms. The van der Waals surface area contributed by atoms with Crippen molar-refractivity contribution in [1.82, 2.24) is 0 Å². The van der Waals surface area contributed by atoms with Gasteiger partial charge in [-0.25, -0.2) is 0 Å². The molecule has 0 saturated carbocycles. The second-order valence-corrected chi connectivity index (χ2v) is 13.8. The maximum Gasteiger partial charge on any atom is 0.322 e. The van der Waals surface area contributed by atoms with Crippen LogP contribution in [0.5, 0.6) is 0 Å². The maximum atomic E-state index is 3.68. The highest BCUT2D eigenvalue weighted by Crippen LogP contribution is 2.19. The van der Waals surface area contributed by atoms with Gasteiger partial charge in [0.25, 0.3) is 0 Å². The third-order valence-electron chi connectivity index (χ3n) is 3.93. The monoisotopic (exact) mass is 390 g/mol. The van der Waals surface area contributed by atoms with Crippen molar-refractivity contribution in [2.45, 2.75) is 83.1 Å². The van der Waals surface area contributed by atoms with Crippen molar-refractivity contribution < 1.29 is 0 Å². The molecule has 0 spiro atoms. The van der Waals surface area contributed by atoms with Crippen LogP contribution in [-0.2, 0) is 0 Å². The Balaban J connectivity index is 4.06. The Kier molecular flexibility index (Phi) is 7.10. The van der Waals surface area contributed by atoms with E-state index >= 15 is 0 Å². The number of hydrogen-bond donors (Lipinski definition) is 0. The fraction of sp³-hybridized carbons (Fsp3) is 0.556. The average Bonchev–Trinajstić information content (AvgIpc) is 2.44. The van der Waals surface area contributed by atoms with E-state index in [4.69, 9.17) is 0 Å². The number of hydrogen-bond acceptors (Lipinski definition) is 0. The molecule has 0 nitrogen and oxygen atoms in total. The molecule has 28 heavy (non-hydrogen) atoms. The van der Waals surface area contributed by atoms with Gasteiger partial charge >= 0.3 is 8.07 Å². The zero-order valence-corrected chi connectivity index (χ0v) is 21.2. The lowest BCUT2D eigenvalue weighted by atomic mass is 9.99. The standard InChI is InChI=1S/C27H38Si/c1-21-19-22(2)24(23(3)20-21)28(16-13-25(4,5)6,17-14-26(7,8)9)18-15-27(10,11)12/h19-20H,1-12H3. The molecule has 0 aliphatic rings. The fourth-order valence-electron chi connectivity index (χ4n) is 2.90. The van der Waals surface area contributed by atoms with E-state index in [-0.39, 0.29) is 16.2 Å². The Hall–Kier alpha value is -1.88. The van der Waals surface area contributed by atoms with Crippen LogP contribution in [0.3, 0.4) is 0 Å². The molecule has 0 saturated heterocycles. The second-order valence-electron chi connectivity index (χ2n) is 11.0. The van der Waals surface area contributed by atoms with E-state index in [0.717, 1.165) is 0 Å². The van der Waals surface area contributed by atoms with E-state index in [9.17, 15) is 0 Å². The summed E-state index contributed by atoms with van der Waals surface area (Å²) in [7, 11) is -2.70. The first-order chi connectivity index (χ1) is 12.4. The molecule has 150 valence electrons. The Morgan fingerprint density at radius 1 is 0.571 bits per heavy atom. The first-order valence-corrected chi connectivity index (χ1v) is 12.2. The van der Waals surface area contributed by atoms with E-state index in [1.165, 1.54) is 21.9 Å². The molecule has 0 unspecified atom stereocenters. The van der Waals surface area contributed by atoms with E-state index in [1.807, 2.05) is 0 Å². The highest BCUT2D eigenvalue weighted by molar-refractivity contribution is 7.10. The molecular weight excluding hydrogens is 352 g/mol. The van der Waals surface area contributed by atoms with Crippen LogP contribution in [0.2, 0.25) is 0 Å². The van der Waals surface area contributed by atoms with Gasteiger partial charge in [0.1, 0.15) is 0 Å². The summed E-state index contributed by atoms with van der Waals surface area (Å²) in [6.07, 6.45) is 0. The number of rotatable bonds is 1. The van der Waals surface area contributed by atoms with Crippen molar-refractivity contribution in [3.8, 4) is 34.4 Å². The number of benzene rings is 1. The van der Waals surface area contributed by atoms with Gasteiger partial charge in [0.2, 0.25) is 0 Å². The summed E-state index contributed by atoms with van der Waals surface area (Å²) in [5.74, 6) is 10.5. The molecule has 0 amide bonds. The molecule has 0 aromatic heterocycles. The zero-order chi connectivity index (χ0) is 22.0. The van der Waals surface area contributed by atoms with Crippen LogP contribution >= 0.6 is 0 Å². The molecule has 0 aliphatic carbocycles. The first kappa shape index (κ1) is 24.2. The Morgan fingerprint density at radius 3 is 1.11 bits per heavy atom. The van der Waals surface area contributed by atoms with Crippen LogP contribution in [0.15, 0.2) is 12.1 Å². The van der Waals surface area contributed by atoms with E-state index in [0.29, 0.717) is 0 Å². The lowest BCUT2D eigenvalue weighted by Gasteiger charge is -2.23. The van der Waals surface area contributed by atoms with Gasteiger partial charge in [0, 0.05) is 16.2 Å². The predicted molar refractivity (Wildman–Crippen MR) is 128 cm³/mol. The van der Waals surface area contributed by atoms with Crippen molar-refractivity contribution in [2.75, 3.05) is 0 Å². The third-order valence-corrected chi connectivity index (χ3v) is 6.97. The van der Waals surface area contributed by atoms with Gasteiger partial charge in [0.15, 0.2) is 0 Å². The Bertz CT molecular complexity index is 803. The fourth-order valence-corrected chi connectivity index (χ4v) is 6.47.